The number of nitrogens with zero attached hydrogens (tertiary/aromatic N) is 5. The van der Waals surface area contributed by atoms with Crippen molar-refractivity contribution < 1.29 is 13.9 Å². The summed E-state index contributed by atoms with van der Waals surface area (Å²) in [5, 5.41) is 4.40. The zero-order chi connectivity index (χ0) is 23.6. The van der Waals surface area contributed by atoms with E-state index in [-0.39, 0.29) is 6.01 Å². The summed E-state index contributed by atoms with van der Waals surface area (Å²) in [7, 11) is 0. The van der Waals surface area contributed by atoms with Crippen LogP contribution in [0.5, 0.6) is 0 Å². The van der Waals surface area contributed by atoms with Gasteiger partial charge in [-0.1, -0.05) is 0 Å². The molecule has 0 atom stereocenters. The number of amides is 1. The van der Waals surface area contributed by atoms with Gasteiger partial charge in [0.1, 0.15) is 23.5 Å². The third-order valence-electron chi connectivity index (χ3n) is 6.55. The van der Waals surface area contributed by atoms with Crippen molar-refractivity contribution >= 4 is 34.4 Å². The number of aromatic nitrogens is 3. The van der Waals surface area contributed by atoms with Crippen molar-refractivity contribution in [3.8, 4) is 0 Å². The van der Waals surface area contributed by atoms with Crippen LogP contribution in [0.4, 0.5) is 6.01 Å². The average molecular weight is 457 g/mol. The van der Waals surface area contributed by atoms with Crippen molar-refractivity contribution in [3.05, 3.63) is 71.0 Å². The summed E-state index contributed by atoms with van der Waals surface area (Å²) in [6.45, 7) is 4.77. The SMILES string of the molecule is CC(C)(C(N)=O)n1cc(C2=COCC3=C4C2=CN=C(c2ccc5oc(N)nc5c2)N4CC3)cn1. The van der Waals surface area contributed by atoms with Crippen LogP contribution < -0.4 is 11.5 Å². The number of carbonyl (C=O) groups is 1. The van der Waals surface area contributed by atoms with E-state index in [9.17, 15) is 4.79 Å². The Hall–Kier alpha value is -4.34. The molecule has 34 heavy (non-hydrogen) atoms. The van der Waals surface area contributed by atoms with Gasteiger partial charge in [0.2, 0.25) is 5.91 Å². The Morgan fingerprint density at radius 2 is 2.06 bits per heavy atom. The lowest BCUT2D eigenvalue weighted by molar-refractivity contribution is -0.125. The molecule has 172 valence electrons. The quantitative estimate of drug-likeness (QED) is 0.614. The van der Waals surface area contributed by atoms with Gasteiger partial charge in [-0.2, -0.15) is 10.1 Å². The van der Waals surface area contributed by atoms with Crippen molar-refractivity contribution in [2.45, 2.75) is 25.8 Å². The number of rotatable bonds is 4. The van der Waals surface area contributed by atoms with Gasteiger partial charge in [0.25, 0.3) is 6.01 Å². The Labute approximate surface area is 194 Å². The third-order valence-corrected chi connectivity index (χ3v) is 6.55. The number of oxazole rings is 1. The summed E-state index contributed by atoms with van der Waals surface area (Å²) < 4.78 is 12.9. The molecule has 5 heterocycles. The van der Waals surface area contributed by atoms with E-state index >= 15 is 0 Å². The molecule has 0 saturated heterocycles. The number of nitrogens with two attached hydrogens (primary N) is 2. The monoisotopic (exact) mass is 457 g/mol. The van der Waals surface area contributed by atoms with Gasteiger partial charge in [0, 0.05) is 41.2 Å². The third kappa shape index (κ3) is 2.95. The molecule has 3 aromatic rings. The van der Waals surface area contributed by atoms with Gasteiger partial charge in [-0.25, -0.2) is 4.99 Å². The molecule has 3 aliphatic rings. The standard InChI is InChI=1S/C24H23N7O3/c1-24(2,22(25)32)31-10-15(8-28-31)17-12-33-11-14-5-6-30-20(14)16(17)9-27-21(30)13-3-4-19-18(7-13)29-23(26)34-19/h3-4,7-10,12H,5-6,11H2,1-2H3,(H2,25,32)(H2,26,29). The van der Waals surface area contributed by atoms with E-state index in [4.69, 9.17) is 25.6 Å². The lowest BCUT2D eigenvalue weighted by Crippen LogP contribution is -2.41. The number of hydrogen-bond acceptors (Lipinski definition) is 8. The zero-order valence-electron chi connectivity index (χ0n) is 18.8. The van der Waals surface area contributed by atoms with E-state index < -0.39 is 11.4 Å². The molecule has 10 heteroatoms. The predicted molar refractivity (Wildman–Crippen MR) is 126 cm³/mol. The lowest BCUT2D eigenvalue weighted by atomic mass is 9.96. The van der Waals surface area contributed by atoms with Crippen LogP contribution in [0.1, 0.15) is 31.4 Å². The molecular weight excluding hydrogens is 434 g/mol. The number of anilines is 1. The van der Waals surface area contributed by atoms with Crippen LogP contribution in [-0.4, -0.2) is 44.6 Å². The summed E-state index contributed by atoms with van der Waals surface area (Å²) in [6, 6.07) is 5.90. The molecule has 0 bridgehead atoms. The lowest BCUT2D eigenvalue weighted by Gasteiger charge is -2.29. The molecular formula is C24H23N7O3. The number of hydrogen-bond donors (Lipinski definition) is 2. The van der Waals surface area contributed by atoms with E-state index in [2.05, 4.69) is 15.0 Å². The molecule has 0 radical (unpaired) electrons. The number of fused-ring (bicyclic) bond motifs is 1. The van der Waals surface area contributed by atoms with Crippen molar-refractivity contribution in [2.75, 3.05) is 18.9 Å². The zero-order valence-corrected chi connectivity index (χ0v) is 18.8. The van der Waals surface area contributed by atoms with Crippen molar-refractivity contribution in [1.29, 1.82) is 0 Å². The smallest absolute Gasteiger partial charge is 0.292 e. The van der Waals surface area contributed by atoms with Crippen LogP contribution in [-0.2, 0) is 15.1 Å². The van der Waals surface area contributed by atoms with Crippen LogP contribution in [0.15, 0.2) is 69.3 Å². The van der Waals surface area contributed by atoms with E-state index in [1.165, 1.54) is 5.57 Å². The molecule has 2 aromatic heterocycles. The highest BCUT2D eigenvalue weighted by molar-refractivity contribution is 6.05. The normalized spacial score (nSPS) is 17.7. The van der Waals surface area contributed by atoms with Crippen molar-refractivity contribution in [1.82, 2.24) is 19.7 Å². The molecule has 3 aliphatic heterocycles. The number of primary amides is 1. The minimum absolute atomic E-state index is 0.141. The minimum atomic E-state index is -0.955. The molecule has 0 unspecified atom stereocenters. The summed E-state index contributed by atoms with van der Waals surface area (Å²) in [4.78, 5) is 23.2. The Bertz CT molecular complexity index is 1480. The molecule has 0 saturated carbocycles. The van der Waals surface area contributed by atoms with Crippen LogP contribution in [0.3, 0.4) is 0 Å². The summed E-state index contributed by atoms with van der Waals surface area (Å²) in [5.74, 6) is 0.376. The first-order chi connectivity index (χ1) is 16.3. The number of aliphatic imine (C=N–C) groups is 1. The Morgan fingerprint density at radius 3 is 2.88 bits per heavy atom. The second-order valence-corrected chi connectivity index (χ2v) is 9.02. The van der Waals surface area contributed by atoms with Crippen LogP contribution in [0.2, 0.25) is 0 Å². The first-order valence-corrected chi connectivity index (χ1v) is 10.9. The van der Waals surface area contributed by atoms with Crippen LogP contribution >= 0.6 is 0 Å². The number of benzene rings is 1. The van der Waals surface area contributed by atoms with E-state index in [0.717, 1.165) is 46.8 Å². The van der Waals surface area contributed by atoms with Gasteiger partial charge in [0.05, 0.1) is 18.2 Å². The topological polar surface area (TPSA) is 138 Å². The number of carbonyl (C=O) groups excluding carboxylic acids is 1. The first-order valence-electron chi connectivity index (χ1n) is 10.9. The van der Waals surface area contributed by atoms with Gasteiger partial charge in [-0.15, -0.1) is 0 Å². The molecule has 1 amide bonds. The van der Waals surface area contributed by atoms with Gasteiger partial charge in [0.15, 0.2) is 5.58 Å². The molecule has 6 rings (SSSR count). The molecule has 10 nitrogen and oxygen atoms in total. The first kappa shape index (κ1) is 20.3. The largest absolute Gasteiger partial charge is 0.496 e. The molecule has 0 spiro atoms. The van der Waals surface area contributed by atoms with Crippen molar-refractivity contribution in [2.24, 2.45) is 10.7 Å². The van der Waals surface area contributed by atoms with E-state index in [1.807, 2.05) is 30.6 Å². The van der Waals surface area contributed by atoms with Gasteiger partial charge in [-0.3, -0.25) is 9.48 Å². The predicted octanol–water partition coefficient (Wildman–Crippen LogP) is 2.50. The number of amidine groups is 1. The number of nitrogen functional groups attached to an aromatic ring is 1. The molecule has 0 fully saturated rings. The maximum Gasteiger partial charge on any atom is 0.292 e. The molecule has 0 aliphatic carbocycles. The maximum absolute atomic E-state index is 11.9. The van der Waals surface area contributed by atoms with Crippen LogP contribution in [0.25, 0.3) is 16.7 Å². The fraction of sp³-hybridized carbons (Fsp3) is 0.250. The second kappa shape index (κ2) is 7.08. The average Bonchev–Trinajstić information content (AvgIpc) is 3.51. The highest BCUT2D eigenvalue weighted by Gasteiger charge is 2.36. The van der Waals surface area contributed by atoms with Crippen LogP contribution in [0, 0.1) is 0 Å². The van der Waals surface area contributed by atoms with E-state index in [1.54, 1.807) is 31.0 Å². The maximum atomic E-state index is 11.9. The molecule has 4 N–H and O–H groups in total. The fourth-order valence-electron chi connectivity index (χ4n) is 4.52. The highest BCUT2D eigenvalue weighted by Crippen LogP contribution is 2.42. The summed E-state index contributed by atoms with van der Waals surface area (Å²) in [6.07, 6.45) is 8.01. The highest BCUT2D eigenvalue weighted by atomic mass is 16.5. The summed E-state index contributed by atoms with van der Waals surface area (Å²) >= 11 is 0. The number of ether oxygens (including phenoxy) is 1. The molecule has 1 aromatic carbocycles. The fourth-order valence-corrected chi connectivity index (χ4v) is 4.52. The second-order valence-electron chi connectivity index (χ2n) is 9.02. The Kier molecular flexibility index (Phi) is 4.22. The van der Waals surface area contributed by atoms with Gasteiger partial charge < -0.3 is 25.5 Å². The summed E-state index contributed by atoms with van der Waals surface area (Å²) in [5.41, 5.74) is 17.5. The van der Waals surface area contributed by atoms with Gasteiger partial charge in [-0.05, 0) is 44.0 Å². The number of allylic oxidation sites excluding steroid dienone is 1. The Balaban J connectivity index is 1.43. The van der Waals surface area contributed by atoms with E-state index in [0.29, 0.717) is 17.7 Å². The Morgan fingerprint density at radius 1 is 1.21 bits per heavy atom. The van der Waals surface area contributed by atoms with Crippen molar-refractivity contribution in [3.63, 3.8) is 0 Å². The minimum Gasteiger partial charge on any atom is -0.496 e. The van der Waals surface area contributed by atoms with Gasteiger partial charge >= 0.3 is 0 Å².